The smallest absolute Gasteiger partial charge is 0.354 e. The predicted octanol–water partition coefficient (Wildman–Crippen LogP) is 1.14. The number of rotatable bonds is 4. The summed E-state index contributed by atoms with van der Waals surface area (Å²) in [7, 11) is 1.35. The maximum absolute atomic E-state index is 11.2. The first-order chi connectivity index (χ1) is 7.79. The molecule has 0 spiro atoms. The average Bonchev–Trinajstić information content (AvgIpc) is 2.96. The lowest BCUT2D eigenvalue weighted by molar-refractivity contribution is 0.0594. The molecule has 0 aliphatic carbocycles. The normalized spacial score (nSPS) is 10.1. The van der Waals surface area contributed by atoms with Crippen LogP contribution in [0.15, 0.2) is 24.5 Å². The molecule has 2 aromatic rings. The van der Waals surface area contributed by atoms with E-state index in [0.29, 0.717) is 12.2 Å². The highest BCUT2D eigenvalue weighted by Crippen LogP contribution is 2.07. The zero-order valence-corrected chi connectivity index (χ0v) is 8.78. The molecule has 84 valence electrons. The molecular formula is C10H12N4O2. The second kappa shape index (κ2) is 4.52. The van der Waals surface area contributed by atoms with Crippen molar-refractivity contribution in [2.24, 2.45) is 0 Å². The zero-order valence-electron chi connectivity index (χ0n) is 8.78. The van der Waals surface area contributed by atoms with Crippen molar-refractivity contribution in [3.8, 4) is 0 Å². The van der Waals surface area contributed by atoms with E-state index in [1.807, 2.05) is 6.07 Å². The van der Waals surface area contributed by atoms with Crippen LogP contribution in [-0.2, 0) is 11.3 Å². The Morgan fingerprint density at radius 1 is 1.56 bits per heavy atom. The number of nitrogens with one attached hydrogen (secondary N) is 3. The minimum Gasteiger partial charge on any atom is -0.464 e. The molecule has 0 amide bonds. The van der Waals surface area contributed by atoms with Crippen molar-refractivity contribution in [1.82, 2.24) is 15.2 Å². The van der Waals surface area contributed by atoms with E-state index in [1.165, 1.54) is 7.11 Å². The Morgan fingerprint density at radius 3 is 3.12 bits per heavy atom. The first kappa shape index (κ1) is 10.3. The molecular weight excluding hydrogens is 208 g/mol. The molecule has 0 aromatic carbocycles. The predicted molar refractivity (Wildman–Crippen MR) is 58.0 cm³/mol. The maximum atomic E-state index is 11.2. The van der Waals surface area contributed by atoms with Gasteiger partial charge in [0.15, 0.2) is 0 Å². The minimum atomic E-state index is -0.366. The van der Waals surface area contributed by atoms with E-state index in [2.05, 4.69) is 25.2 Å². The number of aromatic nitrogens is 3. The zero-order chi connectivity index (χ0) is 11.4. The number of carbonyl (C=O) groups is 1. The summed E-state index contributed by atoms with van der Waals surface area (Å²) in [4.78, 5) is 14.1. The summed E-state index contributed by atoms with van der Waals surface area (Å²) in [5, 5.41) is 9.65. The van der Waals surface area contributed by atoms with E-state index >= 15 is 0 Å². The minimum absolute atomic E-state index is 0.366. The average molecular weight is 220 g/mol. The summed E-state index contributed by atoms with van der Waals surface area (Å²) < 4.78 is 4.59. The topological polar surface area (TPSA) is 82.8 Å². The van der Waals surface area contributed by atoms with E-state index < -0.39 is 0 Å². The molecule has 0 bridgehead atoms. The van der Waals surface area contributed by atoms with Crippen molar-refractivity contribution in [3.05, 3.63) is 35.9 Å². The van der Waals surface area contributed by atoms with Gasteiger partial charge in [-0.1, -0.05) is 0 Å². The van der Waals surface area contributed by atoms with Gasteiger partial charge in [0.05, 0.1) is 25.5 Å². The highest BCUT2D eigenvalue weighted by Gasteiger charge is 2.07. The number of nitrogens with zero attached hydrogens (tertiary/aromatic N) is 1. The quantitative estimate of drug-likeness (QED) is 0.675. The lowest BCUT2D eigenvalue weighted by Gasteiger charge is -2.00. The van der Waals surface area contributed by atoms with Gasteiger partial charge in [-0.3, -0.25) is 5.10 Å². The number of hydrogen-bond donors (Lipinski definition) is 3. The molecule has 0 unspecified atom stereocenters. The number of H-pyrrole nitrogens is 2. The van der Waals surface area contributed by atoms with Crippen LogP contribution < -0.4 is 5.32 Å². The SMILES string of the molecule is COC(=O)c1ccc(CNc2cn[nH]c2)[nH]1. The van der Waals surface area contributed by atoms with Gasteiger partial charge < -0.3 is 15.0 Å². The number of esters is 1. The van der Waals surface area contributed by atoms with Crippen molar-refractivity contribution >= 4 is 11.7 Å². The van der Waals surface area contributed by atoms with Gasteiger partial charge in [0, 0.05) is 11.9 Å². The first-order valence-corrected chi connectivity index (χ1v) is 4.78. The van der Waals surface area contributed by atoms with Gasteiger partial charge in [-0.2, -0.15) is 5.10 Å². The summed E-state index contributed by atoms with van der Waals surface area (Å²) in [6.07, 6.45) is 3.44. The number of anilines is 1. The fourth-order valence-electron chi connectivity index (χ4n) is 1.32. The van der Waals surface area contributed by atoms with Gasteiger partial charge in [0.1, 0.15) is 5.69 Å². The van der Waals surface area contributed by atoms with Crippen LogP contribution in [0.2, 0.25) is 0 Å². The third kappa shape index (κ3) is 2.22. The fourth-order valence-corrected chi connectivity index (χ4v) is 1.32. The van der Waals surface area contributed by atoms with Crippen molar-refractivity contribution < 1.29 is 9.53 Å². The van der Waals surface area contributed by atoms with Gasteiger partial charge in [-0.05, 0) is 12.1 Å². The Bertz CT molecular complexity index is 461. The Labute approximate surface area is 92.0 Å². The third-order valence-corrected chi connectivity index (χ3v) is 2.13. The third-order valence-electron chi connectivity index (χ3n) is 2.13. The van der Waals surface area contributed by atoms with Gasteiger partial charge in [-0.25, -0.2) is 4.79 Å². The Kier molecular flexibility index (Phi) is 2.90. The molecule has 0 atom stereocenters. The molecule has 16 heavy (non-hydrogen) atoms. The van der Waals surface area contributed by atoms with Crippen molar-refractivity contribution in [1.29, 1.82) is 0 Å². The van der Waals surface area contributed by atoms with E-state index in [4.69, 9.17) is 0 Å². The van der Waals surface area contributed by atoms with Crippen molar-refractivity contribution in [3.63, 3.8) is 0 Å². The first-order valence-electron chi connectivity index (χ1n) is 4.78. The van der Waals surface area contributed by atoms with E-state index in [-0.39, 0.29) is 5.97 Å². The molecule has 2 aromatic heterocycles. The monoisotopic (exact) mass is 220 g/mol. The number of carbonyl (C=O) groups excluding carboxylic acids is 1. The van der Waals surface area contributed by atoms with Gasteiger partial charge >= 0.3 is 5.97 Å². The summed E-state index contributed by atoms with van der Waals surface area (Å²) in [5.74, 6) is -0.366. The summed E-state index contributed by atoms with van der Waals surface area (Å²) in [6.45, 7) is 0.594. The van der Waals surface area contributed by atoms with Gasteiger partial charge in [0.2, 0.25) is 0 Å². The molecule has 2 rings (SSSR count). The highest BCUT2D eigenvalue weighted by atomic mass is 16.5. The van der Waals surface area contributed by atoms with Crippen LogP contribution in [0, 0.1) is 0 Å². The van der Waals surface area contributed by atoms with Crippen LogP contribution in [0.3, 0.4) is 0 Å². The van der Waals surface area contributed by atoms with Crippen LogP contribution in [-0.4, -0.2) is 28.3 Å². The number of methoxy groups -OCH3 is 1. The molecule has 0 fully saturated rings. The number of ether oxygens (including phenoxy) is 1. The lowest BCUT2D eigenvalue weighted by Crippen LogP contribution is -2.03. The summed E-state index contributed by atoms with van der Waals surface area (Å²) >= 11 is 0. The largest absolute Gasteiger partial charge is 0.464 e. The molecule has 6 heteroatoms. The Hall–Kier alpha value is -2.24. The van der Waals surface area contributed by atoms with Crippen LogP contribution in [0.4, 0.5) is 5.69 Å². The Morgan fingerprint density at radius 2 is 2.44 bits per heavy atom. The molecule has 6 nitrogen and oxygen atoms in total. The van der Waals surface area contributed by atoms with Crippen molar-refractivity contribution in [2.75, 3.05) is 12.4 Å². The van der Waals surface area contributed by atoms with Crippen LogP contribution in [0.1, 0.15) is 16.2 Å². The standard InChI is InChI=1S/C10H12N4O2/c1-16-10(15)9-3-2-7(14-9)4-11-8-5-12-13-6-8/h2-3,5-6,11,14H,4H2,1H3,(H,12,13). The highest BCUT2D eigenvalue weighted by molar-refractivity contribution is 5.87. The van der Waals surface area contributed by atoms with Gasteiger partial charge in [-0.15, -0.1) is 0 Å². The van der Waals surface area contributed by atoms with E-state index in [9.17, 15) is 4.79 Å². The van der Waals surface area contributed by atoms with Crippen LogP contribution in [0.5, 0.6) is 0 Å². The number of aromatic amines is 2. The molecule has 0 saturated heterocycles. The molecule has 0 aliphatic rings. The Balaban J connectivity index is 1.95. The molecule has 2 heterocycles. The molecule has 0 radical (unpaired) electrons. The number of hydrogen-bond acceptors (Lipinski definition) is 4. The summed E-state index contributed by atoms with van der Waals surface area (Å²) in [6, 6.07) is 3.53. The second-order valence-corrected chi connectivity index (χ2v) is 3.23. The van der Waals surface area contributed by atoms with Crippen LogP contribution in [0.25, 0.3) is 0 Å². The van der Waals surface area contributed by atoms with Gasteiger partial charge in [0.25, 0.3) is 0 Å². The van der Waals surface area contributed by atoms with E-state index in [1.54, 1.807) is 18.5 Å². The molecule has 3 N–H and O–H groups in total. The maximum Gasteiger partial charge on any atom is 0.354 e. The van der Waals surface area contributed by atoms with Crippen molar-refractivity contribution in [2.45, 2.75) is 6.54 Å². The van der Waals surface area contributed by atoms with Crippen LogP contribution >= 0.6 is 0 Å². The summed E-state index contributed by atoms with van der Waals surface area (Å²) in [5.41, 5.74) is 2.25. The molecule has 0 saturated carbocycles. The second-order valence-electron chi connectivity index (χ2n) is 3.23. The molecule has 0 aliphatic heterocycles. The lowest BCUT2D eigenvalue weighted by atomic mass is 10.4. The fraction of sp³-hybridized carbons (Fsp3) is 0.200. The van der Waals surface area contributed by atoms with E-state index in [0.717, 1.165) is 11.4 Å².